The Labute approximate surface area is 142 Å². The van der Waals surface area contributed by atoms with E-state index < -0.39 is 0 Å². The van der Waals surface area contributed by atoms with Crippen molar-refractivity contribution in [1.29, 1.82) is 0 Å². The van der Waals surface area contributed by atoms with Crippen LogP contribution in [-0.2, 0) is 11.8 Å². The molecular weight excluding hydrogens is 332 g/mol. The Morgan fingerprint density at radius 2 is 1.41 bits per heavy atom. The van der Waals surface area contributed by atoms with Gasteiger partial charge in [0.15, 0.2) is 0 Å². The van der Waals surface area contributed by atoms with E-state index in [-0.39, 0.29) is 0 Å². The molecule has 2 bridgehead atoms. The number of alkyl halides is 1. The highest BCUT2D eigenvalue weighted by molar-refractivity contribution is 9.09. The summed E-state index contributed by atoms with van der Waals surface area (Å²) < 4.78 is 0. The zero-order valence-corrected chi connectivity index (χ0v) is 14.8. The van der Waals surface area contributed by atoms with Gasteiger partial charge in [-0.3, -0.25) is 0 Å². The summed E-state index contributed by atoms with van der Waals surface area (Å²) in [5.74, 6) is 0. The van der Waals surface area contributed by atoms with Crippen LogP contribution in [0.25, 0.3) is 11.1 Å². The molecule has 0 atom stereocenters. The van der Waals surface area contributed by atoms with Crippen molar-refractivity contribution in [2.45, 2.75) is 44.4 Å². The van der Waals surface area contributed by atoms with Gasteiger partial charge in [-0.25, -0.2) is 0 Å². The summed E-state index contributed by atoms with van der Waals surface area (Å²) in [5.41, 5.74) is 6.87. The molecule has 0 unspecified atom stereocenters. The zero-order chi connectivity index (χ0) is 15.2. The predicted octanol–water partition coefficient (Wildman–Crippen LogP) is 6.12. The second-order valence-corrected chi connectivity index (χ2v) is 8.17. The molecule has 0 radical (unpaired) electrons. The van der Waals surface area contributed by atoms with Gasteiger partial charge in [0.2, 0.25) is 0 Å². The van der Waals surface area contributed by atoms with E-state index in [0.717, 1.165) is 11.8 Å². The number of aryl methyl sites for hydroxylation is 1. The highest BCUT2D eigenvalue weighted by Gasteiger charge is 2.67. The Morgan fingerprint density at radius 1 is 0.864 bits per heavy atom. The minimum atomic E-state index is 0.534. The van der Waals surface area contributed by atoms with Gasteiger partial charge in [0, 0.05) is 5.33 Å². The summed E-state index contributed by atoms with van der Waals surface area (Å²) >= 11 is 3.60. The van der Waals surface area contributed by atoms with E-state index in [2.05, 4.69) is 71.4 Å². The number of hydrogen-bond acceptors (Lipinski definition) is 0. The molecular formula is C21H23Br. The topological polar surface area (TPSA) is 0 Å². The quantitative estimate of drug-likeness (QED) is 0.567. The summed E-state index contributed by atoms with van der Waals surface area (Å²) in [4.78, 5) is 0. The van der Waals surface area contributed by atoms with Crippen LogP contribution in [0.15, 0.2) is 48.5 Å². The van der Waals surface area contributed by atoms with Crippen LogP contribution in [0.3, 0.4) is 0 Å². The van der Waals surface area contributed by atoms with Gasteiger partial charge in [0.25, 0.3) is 0 Å². The molecule has 0 aromatic heterocycles. The molecule has 0 spiro atoms. The van der Waals surface area contributed by atoms with Crippen LogP contribution >= 0.6 is 15.9 Å². The van der Waals surface area contributed by atoms with E-state index in [1.54, 1.807) is 5.56 Å². The first-order valence-electron chi connectivity index (χ1n) is 8.45. The molecule has 0 N–H and O–H groups in total. The lowest BCUT2D eigenvalue weighted by Gasteiger charge is -2.71. The second-order valence-electron chi connectivity index (χ2n) is 7.38. The fraction of sp³-hybridized carbons (Fsp3) is 0.429. The van der Waals surface area contributed by atoms with Crippen molar-refractivity contribution in [2.24, 2.45) is 5.41 Å². The molecule has 22 heavy (non-hydrogen) atoms. The Balaban J connectivity index is 1.50. The van der Waals surface area contributed by atoms with Crippen LogP contribution < -0.4 is 0 Å². The lowest BCUT2D eigenvalue weighted by molar-refractivity contribution is -0.142. The summed E-state index contributed by atoms with van der Waals surface area (Å²) in [6.07, 6.45) is 6.71. The molecule has 1 heteroatoms. The van der Waals surface area contributed by atoms with Gasteiger partial charge in [0.05, 0.1) is 0 Å². The van der Waals surface area contributed by atoms with Crippen molar-refractivity contribution in [3.05, 3.63) is 59.7 Å². The molecule has 3 aliphatic carbocycles. The fourth-order valence-corrected chi connectivity index (χ4v) is 5.56. The van der Waals surface area contributed by atoms with Gasteiger partial charge in [-0.2, -0.15) is 0 Å². The molecule has 3 fully saturated rings. The first kappa shape index (κ1) is 14.5. The van der Waals surface area contributed by atoms with Crippen molar-refractivity contribution in [3.63, 3.8) is 0 Å². The minimum absolute atomic E-state index is 0.534. The third-order valence-corrected chi connectivity index (χ3v) is 6.35. The Hall–Kier alpha value is -1.08. The molecule has 2 aromatic rings. The van der Waals surface area contributed by atoms with Crippen LogP contribution in [0.2, 0.25) is 0 Å². The highest BCUT2D eigenvalue weighted by atomic mass is 79.9. The molecule has 0 nitrogen and oxygen atoms in total. The standard InChI is InChI=1S/C21H23Br/c1-2-16-3-5-17(6-4-16)18-7-9-19(10-8-18)21-13-20(14-21,15-21)11-12-22/h3-10H,2,11-15H2,1H3. The Kier molecular flexibility index (Phi) is 3.45. The Morgan fingerprint density at radius 3 is 1.91 bits per heavy atom. The van der Waals surface area contributed by atoms with Crippen molar-refractivity contribution in [3.8, 4) is 11.1 Å². The summed E-state index contributed by atoms with van der Waals surface area (Å²) in [6, 6.07) is 18.4. The summed E-state index contributed by atoms with van der Waals surface area (Å²) in [7, 11) is 0. The van der Waals surface area contributed by atoms with Gasteiger partial charge in [0.1, 0.15) is 0 Å². The van der Waals surface area contributed by atoms with Crippen LogP contribution in [-0.4, -0.2) is 5.33 Å². The zero-order valence-electron chi connectivity index (χ0n) is 13.2. The van der Waals surface area contributed by atoms with E-state index >= 15 is 0 Å². The van der Waals surface area contributed by atoms with Gasteiger partial charge >= 0.3 is 0 Å². The van der Waals surface area contributed by atoms with Crippen molar-refractivity contribution in [2.75, 3.05) is 5.33 Å². The molecule has 0 aliphatic heterocycles. The highest BCUT2D eigenvalue weighted by Crippen LogP contribution is 2.75. The van der Waals surface area contributed by atoms with Gasteiger partial charge in [-0.1, -0.05) is 71.4 Å². The van der Waals surface area contributed by atoms with Crippen LogP contribution in [0, 0.1) is 5.41 Å². The minimum Gasteiger partial charge on any atom is -0.0928 e. The van der Waals surface area contributed by atoms with E-state index in [0.29, 0.717) is 10.8 Å². The first-order valence-corrected chi connectivity index (χ1v) is 9.57. The van der Waals surface area contributed by atoms with Gasteiger partial charge in [-0.05, 0) is 65.2 Å². The molecule has 0 heterocycles. The molecule has 5 rings (SSSR count). The lowest BCUT2D eigenvalue weighted by atomic mass is 9.33. The average molecular weight is 355 g/mol. The maximum atomic E-state index is 3.60. The molecule has 0 saturated heterocycles. The van der Waals surface area contributed by atoms with Crippen LogP contribution in [0.5, 0.6) is 0 Å². The van der Waals surface area contributed by atoms with Crippen LogP contribution in [0.1, 0.15) is 43.7 Å². The average Bonchev–Trinajstić information content (AvgIpc) is 2.50. The predicted molar refractivity (Wildman–Crippen MR) is 97.6 cm³/mol. The van der Waals surface area contributed by atoms with Gasteiger partial charge in [-0.15, -0.1) is 0 Å². The van der Waals surface area contributed by atoms with Crippen molar-refractivity contribution >= 4 is 15.9 Å². The van der Waals surface area contributed by atoms with E-state index in [1.165, 1.54) is 42.4 Å². The molecule has 0 amide bonds. The maximum absolute atomic E-state index is 3.60. The van der Waals surface area contributed by atoms with Crippen LogP contribution in [0.4, 0.5) is 0 Å². The van der Waals surface area contributed by atoms with E-state index in [4.69, 9.17) is 0 Å². The smallest absolute Gasteiger partial charge is 0.00366 e. The summed E-state index contributed by atoms with van der Waals surface area (Å²) in [6.45, 7) is 2.20. The molecule has 2 aromatic carbocycles. The third-order valence-electron chi connectivity index (χ3n) is 5.96. The number of halogens is 1. The van der Waals surface area contributed by atoms with Crippen molar-refractivity contribution < 1.29 is 0 Å². The first-order chi connectivity index (χ1) is 10.7. The molecule has 3 aliphatic rings. The maximum Gasteiger partial charge on any atom is 0.00366 e. The second kappa shape index (κ2) is 5.23. The largest absolute Gasteiger partial charge is 0.0928 e. The SMILES string of the molecule is CCc1ccc(-c2ccc(C34CC(CCBr)(C3)C4)cc2)cc1. The monoisotopic (exact) mass is 354 g/mol. The third kappa shape index (κ3) is 2.17. The number of benzene rings is 2. The van der Waals surface area contributed by atoms with E-state index in [1.807, 2.05) is 0 Å². The number of hydrogen-bond donors (Lipinski definition) is 0. The Bertz CT molecular complexity index is 646. The lowest BCUT2D eigenvalue weighted by Crippen LogP contribution is -2.64. The fourth-order valence-electron chi connectivity index (χ4n) is 4.72. The number of rotatable bonds is 5. The van der Waals surface area contributed by atoms with E-state index in [9.17, 15) is 0 Å². The molecule has 3 saturated carbocycles. The normalized spacial score (nSPS) is 28.8. The summed E-state index contributed by atoms with van der Waals surface area (Å²) in [5, 5.41) is 1.16. The molecule has 114 valence electrons. The van der Waals surface area contributed by atoms with Crippen molar-refractivity contribution in [1.82, 2.24) is 0 Å². The van der Waals surface area contributed by atoms with Gasteiger partial charge < -0.3 is 0 Å².